The molecule has 0 radical (unpaired) electrons. The fourth-order valence-corrected chi connectivity index (χ4v) is 2.02. The number of nitrogens with two attached hydrogens (primary N) is 1. The predicted molar refractivity (Wildman–Crippen MR) is 79.0 cm³/mol. The minimum Gasteiger partial charge on any atom is -0.453 e. The van der Waals surface area contributed by atoms with Crippen molar-refractivity contribution in [3.63, 3.8) is 0 Å². The Morgan fingerprint density at radius 1 is 1.14 bits per heavy atom. The van der Waals surface area contributed by atoms with Crippen molar-refractivity contribution in [2.75, 3.05) is 5.73 Å². The van der Waals surface area contributed by atoms with Crippen molar-refractivity contribution in [2.24, 2.45) is 0 Å². The van der Waals surface area contributed by atoms with Crippen molar-refractivity contribution >= 4 is 5.82 Å². The Morgan fingerprint density at radius 3 is 2.41 bits per heavy atom. The number of ether oxygens (including phenoxy) is 1. The monoisotopic (exact) mass is 310 g/mol. The van der Waals surface area contributed by atoms with Crippen molar-refractivity contribution in [1.82, 2.24) is 4.98 Å². The van der Waals surface area contributed by atoms with Gasteiger partial charge in [0, 0.05) is 6.20 Å². The van der Waals surface area contributed by atoms with Crippen LogP contribution in [-0.4, -0.2) is 4.98 Å². The summed E-state index contributed by atoms with van der Waals surface area (Å²) in [7, 11) is 0. The number of alkyl halides is 3. The molecule has 22 heavy (non-hydrogen) atoms. The van der Waals surface area contributed by atoms with Gasteiger partial charge in [-0.25, -0.2) is 4.98 Å². The summed E-state index contributed by atoms with van der Waals surface area (Å²) in [6.07, 6.45) is -3.80. The molecular weight excluding hydrogens is 293 g/mol. The number of halogens is 3. The number of nitrogen functional groups attached to an aromatic ring is 1. The van der Waals surface area contributed by atoms with Gasteiger partial charge in [-0.15, -0.1) is 0 Å². The lowest BCUT2D eigenvalue weighted by molar-refractivity contribution is -0.137. The largest absolute Gasteiger partial charge is 0.453 e. The van der Waals surface area contributed by atoms with Crippen LogP contribution in [0.1, 0.15) is 36.5 Å². The minimum atomic E-state index is -4.49. The Morgan fingerprint density at radius 2 is 1.82 bits per heavy atom. The maximum atomic E-state index is 12.8. The van der Waals surface area contributed by atoms with Gasteiger partial charge in [0.2, 0.25) is 0 Å². The molecule has 1 heterocycles. The number of hydrogen-bond acceptors (Lipinski definition) is 3. The number of rotatable bonds is 3. The molecule has 0 saturated heterocycles. The zero-order chi connectivity index (χ0) is 16.5. The lowest BCUT2D eigenvalue weighted by Gasteiger charge is -2.16. The molecule has 0 bridgehead atoms. The quantitative estimate of drug-likeness (QED) is 0.876. The summed E-state index contributed by atoms with van der Waals surface area (Å²) in [4.78, 5) is 3.57. The fraction of sp³-hybridized carbons (Fsp3) is 0.312. The molecule has 3 nitrogen and oxygen atoms in total. The number of benzene rings is 1. The molecule has 0 aliphatic carbocycles. The molecule has 0 atom stereocenters. The maximum Gasteiger partial charge on any atom is 0.418 e. The maximum absolute atomic E-state index is 12.8. The van der Waals surface area contributed by atoms with Crippen molar-refractivity contribution in [3.05, 3.63) is 47.2 Å². The summed E-state index contributed by atoms with van der Waals surface area (Å²) < 4.78 is 44.0. The Kier molecular flexibility index (Phi) is 4.30. The molecule has 0 unspecified atom stereocenters. The summed E-state index contributed by atoms with van der Waals surface area (Å²) in [6.45, 7) is 5.83. The molecule has 0 saturated carbocycles. The van der Waals surface area contributed by atoms with E-state index in [1.165, 1.54) is 0 Å². The first-order valence-corrected chi connectivity index (χ1v) is 6.79. The Bertz CT molecular complexity index is 682. The molecule has 0 spiro atoms. The van der Waals surface area contributed by atoms with Crippen LogP contribution in [0.3, 0.4) is 0 Å². The van der Waals surface area contributed by atoms with Gasteiger partial charge in [-0.2, -0.15) is 13.2 Å². The van der Waals surface area contributed by atoms with E-state index in [9.17, 15) is 13.2 Å². The molecule has 0 aliphatic heterocycles. The summed E-state index contributed by atoms with van der Waals surface area (Å²) in [6, 6.07) is 6.46. The number of nitrogens with zero attached hydrogens (tertiary/aromatic N) is 1. The lowest BCUT2D eigenvalue weighted by Crippen LogP contribution is -2.07. The molecule has 2 aromatic rings. The van der Waals surface area contributed by atoms with Crippen LogP contribution in [0.2, 0.25) is 0 Å². The highest BCUT2D eigenvalue weighted by molar-refractivity contribution is 5.51. The first-order valence-electron chi connectivity index (χ1n) is 6.79. The Hall–Kier alpha value is -2.24. The molecule has 1 aromatic heterocycles. The third-order valence-corrected chi connectivity index (χ3v) is 3.22. The van der Waals surface area contributed by atoms with Crippen LogP contribution in [0.4, 0.5) is 19.0 Å². The summed E-state index contributed by atoms with van der Waals surface area (Å²) in [5.74, 6) is 0.477. The molecule has 2 rings (SSSR count). The first kappa shape index (κ1) is 16.1. The summed E-state index contributed by atoms with van der Waals surface area (Å²) in [5, 5.41) is 0. The van der Waals surface area contributed by atoms with Crippen molar-refractivity contribution in [2.45, 2.75) is 32.9 Å². The number of hydrogen-bond donors (Lipinski definition) is 1. The SMILES string of the molecule is Cc1ccc(C(C)C)c(Oc2cc(C(F)(F)F)cnc2N)c1. The molecule has 0 aliphatic rings. The number of anilines is 1. The van der Waals surface area contributed by atoms with Crippen LogP contribution in [0.5, 0.6) is 11.5 Å². The highest BCUT2D eigenvalue weighted by Gasteiger charge is 2.32. The van der Waals surface area contributed by atoms with Crippen LogP contribution in [0.15, 0.2) is 30.5 Å². The normalized spacial score (nSPS) is 11.8. The van der Waals surface area contributed by atoms with Crippen LogP contribution in [-0.2, 0) is 6.18 Å². The third kappa shape index (κ3) is 3.50. The van der Waals surface area contributed by atoms with E-state index < -0.39 is 11.7 Å². The average molecular weight is 310 g/mol. The van der Waals surface area contributed by atoms with Gasteiger partial charge in [0.15, 0.2) is 11.6 Å². The molecule has 0 amide bonds. The average Bonchev–Trinajstić information content (AvgIpc) is 2.39. The van der Waals surface area contributed by atoms with E-state index in [1.54, 1.807) is 6.07 Å². The van der Waals surface area contributed by atoms with Crippen LogP contribution < -0.4 is 10.5 Å². The van der Waals surface area contributed by atoms with E-state index in [0.717, 1.165) is 17.2 Å². The van der Waals surface area contributed by atoms with Crippen LogP contribution >= 0.6 is 0 Å². The zero-order valence-electron chi connectivity index (χ0n) is 12.5. The zero-order valence-corrected chi connectivity index (χ0v) is 12.5. The number of pyridine rings is 1. The first-order chi connectivity index (χ1) is 10.2. The van der Waals surface area contributed by atoms with E-state index in [0.29, 0.717) is 11.9 Å². The van der Waals surface area contributed by atoms with Gasteiger partial charge in [-0.3, -0.25) is 0 Å². The summed E-state index contributed by atoms with van der Waals surface area (Å²) >= 11 is 0. The standard InChI is InChI=1S/C16H17F3N2O/c1-9(2)12-5-4-10(3)6-13(12)22-14-7-11(16(17,18)19)8-21-15(14)20/h4-9H,1-3H3,(H2,20,21). The van der Waals surface area contributed by atoms with Crippen LogP contribution in [0, 0.1) is 6.92 Å². The molecule has 1 aromatic carbocycles. The van der Waals surface area contributed by atoms with E-state index in [4.69, 9.17) is 10.5 Å². The fourth-order valence-electron chi connectivity index (χ4n) is 2.02. The lowest BCUT2D eigenvalue weighted by atomic mass is 10.0. The van der Waals surface area contributed by atoms with Gasteiger partial charge in [-0.05, 0) is 36.1 Å². The molecule has 0 fully saturated rings. The Balaban J connectivity index is 2.45. The molecular formula is C16H17F3N2O. The number of aryl methyl sites for hydroxylation is 1. The number of aromatic nitrogens is 1. The summed E-state index contributed by atoms with van der Waals surface area (Å²) in [5.41, 5.74) is 6.58. The van der Waals surface area contributed by atoms with Gasteiger partial charge in [-0.1, -0.05) is 26.0 Å². The van der Waals surface area contributed by atoms with E-state index in [-0.39, 0.29) is 17.5 Å². The predicted octanol–water partition coefficient (Wildman–Crippen LogP) is 4.91. The van der Waals surface area contributed by atoms with Crippen molar-refractivity contribution in [3.8, 4) is 11.5 Å². The van der Waals surface area contributed by atoms with E-state index >= 15 is 0 Å². The second-order valence-corrected chi connectivity index (χ2v) is 5.40. The van der Waals surface area contributed by atoms with Crippen molar-refractivity contribution < 1.29 is 17.9 Å². The highest BCUT2D eigenvalue weighted by atomic mass is 19.4. The second kappa shape index (κ2) is 5.87. The smallest absolute Gasteiger partial charge is 0.418 e. The van der Waals surface area contributed by atoms with Gasteiger partial charge >= 0.3 is 6.18 Å². The van der Waals surface area contributed by atoms with E-state index in [2.05, 4.69) is 4.98 Å². The molecule has 6 heteroatoms. The topological polar surface area (TPSA) is 48.1 Å². The molecule has 118 valence electrons. The van der Waals surface area contributed by atoms with Gasteiger partial charge in [0.25, 0.3) is 0 Å². The van der Waals surface area contributed by atoms with Gasteiger partial charge in [0.1, 0.15) is 5.75 Å². The Labute approximate surface area is 126 Å². The van der Waals surface area contributed by atoms with Crippen molar-refractivity contribution in [1.29, 1.82) is 0 Å². The van der Waals surface area contributed by atoms with Crippen LogP contribution in [0.25, 0.3) is 0 Å². The van der Waals surface area contributed by atoms with Gasteiger partial charge in [0.05, 0.1) is 5.56 Å². The third-order valence-electron chi connectivity index (χ3n) is 3.22. The minimum absolute atomic E-state index is 0.0794. The highest BCUT2D eigenvalue weighted by Crippen LogP contribution is 2.37. The van der Waals surface area contributed by atoms with Gasteiger partial charge < -0.3 is 10.5 Å². The second-order valence-electron chi connectivity index (χ2n) is 5.40. The molecule has 2 N–H and O–H groups in total. The van der Waals surface area contributed by atoms with E-state index in [1.807, 2.05) is 32.9 Å².